The highest BCUT2D eigenvalue weighted by Gasteiger charge is 2.23. The molecule has 0 saturated carbocycles. The molecule has 0 aliphatic heterocycles. The number of benzene rings is 2. The highest BCUT2D eigenvalue weighted by molar-refractivity contribution is 5.96. The number of carbonyl (C=O) groups excluding carboxylic acids is 2. The monoisotopic (exact) mass is 396 g/mol. The molecule has 0 aliphatic rings. The number of carbonyl (C=O) groups is 2. The molecule has 2 aromatic carbocycles. The molecule has 1 aromatic heterocycles. The molecule has 148 valence electrons. The van der Waals surface area contributed by atoms with Crippen molar-refractivity contribution in [2.75, 3.05) is 5.32 Å². The number of nitrogens with one attached hydrogen (secondary N) is 1. The summed E-state index contributed by atoms with van der Waals surface area (Å²) in [5.74, 6) is -1.23. The minimum absolute atomic E-state index is 0.362. The van der Waals surface area contributed by atoms with Gasteiger partial charge < -0.3 is 19.2 Å². The van der Waals surface area contributed by atoms with E-state index in [9.17, 15) is 19.7 Å². The predicted molar refractivity (Wildman–Crippen MR) is 102 cm³/mol. The van der Waals surface area contributed by atoms with Crippen LogP contribution in [0.5, 0.6) is 11.5 Å². The average molecular weight is 396 g/mol. The van der Waals surface area contributed by atoms with E-state index in [1.54, 1.807) is 24.3 Å². The second kappa shape index (κ2) is 8.70. The topological polar surface area (TPSA) is 121 Å². The molecule has 1 amide bonds. The lowest BCUT2D eigenvalue weighted by Gasteiger charge is -2.13. The van der Waals surface area contributed by atoms with Gasteiger partial charge in [-0.25, -0.2) is 4.79 Å². The molecule has 0 radical (unpaired) electrons. The third-order valence-electron chi connectivity index (χ3n) is 3.73. The van der Waals surface area contributed by atoms with E-state index in [4.69, 9.17) is 13.9 Å². The summed E-state index contributed by atoms with van der Waals surface area (Å²) in [7, 11) is 0. The van der Waals surface area contributed by atoms with Gasteiger partial charge in [0, 0.05) is 5.69 Å². The number of anilines is 1. The lowest BCUT2D eigenvalue weighted by Crippen LogP contribution is -2.29. The molecule has 0 bridgehead atoms. The number of furan rings is 1. The predicted octanol–water partition coefficient (Wildman–Crippen LogP) is 4.16. The van der Waals surface area contributed by atoms with Crippen molar-refractivity contribution in [3.63, 3.8) is 0 Å². The molecule has 9 nitrogen and oxygen atoms in total. The molecule has 0 unspecified atom stereocenters. The van der Waals surface area contributed by atoms with Crippen LogP contribution in [0.2, 0.25) is 0 Å². The van der Waals surface area contributed by atoms with Gasteiger partial charge in [-0.1, -0.05) is 18.2 Å². The maximum atomic E-state index is 12.2. The number of amides is 1. The van der Waals surface area contributed by atoms with E-state index in [-0.39, 0.29) is 5.76 Å². The van der Waals surface area contributed by atoms with E-state index < -0.39 is 28.8 Å². The Kier molecular flexibility index (Phi) is 5.88. The maximum Gasteiger partial charge on any atom is 0.433 e. The van der Waals surface area contributed by atoms with Crippen LogP contribution in [0.15, 0.2) is 71.1 Å². The zero-order chi connectivity index (χ0) is 20.8. The number of nitro groups is 1. The van der Waals surface area contributed by atoms with Gasteiger partial charge >= 0.3 is 11.9 Å². The fourth-order valence-electron chi connectivity index (χ4n) is 2.28. The standard InChI is InChI=1S/C20H16N2O7/c1-13(27-20(24)17-11-12-18(29-17)22(25)26)19(23)21-14-7-9-16(10-8-14)28-15-5-3-2-4-6-15/h2-13H,1H3,(H,21,23)/t13-/m0/s1. The Balaban J connectivity index is 1.54. The Morgan fingerprint density at radius 3 is 2.28 bits per heavy atom. The van der Waals surface area contributed by atoms with Crippen LogP contribution in [0.1, 0.15) is 17.5 Å². The van der Waals surface area contributed by atoms with E-state index in [0.29, 0.717) is 17.2 Å². The molecule has 9 heteroatoms. The third kappa shape index (κ3) is 5.19. The van der Waals surface area contributed by atoms with Crippen LogP contribution in [0.4, 0.5) is 11.6 Å². The van der Waals surface area contributed by atoms with E-state index >= 15 is 0 Å². The van der Waals surface area contributed by atoms with Gasteiger partial charge in [0.15, 0.2) is 6.10 Å². The summed E-state index contributed by atoms with van der Waals surface area (Å²) in [6.07, 6.45) is -1.15. The SMILES string of the molecule is C[C@H](OC(=O)c1ccc([N+](=O)[O-])o1)C(=O)Nc1ccc(Oc2ccccc2)cc1. The van der Waals surface area contributed by atoms with Gasteiger partial charge in [-0.2, -0.15) is 0 Å². The van der Waals surface area contributed by atoms with Gasteiger partial charge in [0.2, 0.25) is 5.76 Å². The Morgan fingerprint density at radius 2 is 1.66 bits per heavy atom. The molecule has 0 aliphatic carbocycles. The van der Waals surface area contributed by atoms with Gasteiger partial charge in [0.05, 0.1) is 6.07 Å². The van der Waals surface area contributed by atoms with Crippen LogP contribution < -0.4 is 10.1 Å². The molecule has 29 heavy (non-hydrogen) atoms. The summed E-state index contributed by atoms with van der Waals surface area (Å²) in [6, 6.07) is 18.0. The Labute approximate surface area is 165 Å². The fraction of sp³-hybridized carbons (Fsp3) is 0.100. The highest BCUT2D eigenvalue weighted by Crippen LogP contribution is 2.23. The fourth-order valence-corrected chi connectivity index (χ4v) is 2.28. The lowest BCUT2D eigenvalue weighted by atomic mass is 10.2. The number of esters is 1. The summed E-state index contributed by atoms with van der Waals surface area (Å²) in [5, 5.41) is 13.2. The third-order valence-corrected chi connectivity index (χ3v) is 3.73. The number of para-hydroxylation sites is 1. The second-order valence-electron chi connectivity index (χ2n) is 5.87. The Morgan fingerprint density at radius 1 is 1.00 bits per heavy atom. The lowest BCUT2D eigenvalue weighted by molar-refractivity contribution is -0.402. The molecule has 3 aromatic rings. The molecule has 0 saturated heterocycles. The Bertz CT molecular complexity index is 1010. The van der Waals surface area contributed by atoms with Crippen LogP contribution >= 0.6 is 0 Å². The van der Waals surface area contributed by atoms with Crippen LogP contribution in [-0.4, -0.2) is 22.9 Å². The number of hydrogen-bond donors (Lipinski definition) is 1. The molecule has 0 spiro atoms. The number of rotatable bonds is 7. The van der Waals surface area contributed by atoms with Gasteiger partial charge in [-0.15, -0.1) is 0 Å². The van der Waals surface area contributed by atoms with Gasteiger partial charge in [0.25, 0.3) is 5.91 Å². The number of hydrogen-bond acceptors (Lipinski definition) is 7. The quantitative estimate of drug-likeness (QED) is 0.361. The number of ether oxygens (including phenoxy) is 2. The molecule has 1 N–H and O–H groups in total. The molecule has 3 rings (SSSR count). The summed E-state index contributed by atoms with van der Waals surface area (Å²) >= 11 is 0. The average Bonchev–Trinajstić information content (AvgIpc) is 3.21. The molecule has 0 fully saturated rings. The second-order valence-corrected chi connectivity index (χ2v) is 5.87. The van der Waals surface area contributed by atoms with E-state index in [1.807, 2.05) is 30.3 Å². The zero-order valence-electron chi connectivity index (χ0n) is 15.2. The normalized spacial score (nSPS) is 11.3. The van der Waals surface area contributed by atoms with Crippen molar-refractivity contribution in [3.8, 4) is 11.5 Å². The largest absolute Gasteiger partial charge is 0.457 e. The smallest absolute Gasteiger partial charge is 0.433 e. The minimum atomic E-state index is -1.15. The van der Waals surface area contributed by atoms with Crippen molar-refractivity contribution >= 4 is 23.4 Å². The van der Waals surface area contributed by atoms with Crippen molar-refractivity contribution in [3.05, 3.63) is 82.6 Å². The van der Waals surface area contributed by atoms with Crippen molar-refractivity contribution in [2.24, 2.45) is 0 Å². The van der Waals surface area contributed by atoms with Gasteiger partial charge in [0.1, 0.15) is 16.4 Å². The summed E-state index contributed by atoms with van der Waals surface area (Å²) in [4.78, 5) is 33.9. The van der Waals surface area contributed by atoms with Crippen LogP contribution in [0.25, 0.3) is 0 Å². The first-order chi connectivity index (χ1) is 13.9. The zero-order valence-corrected chi connectivity index (χ0v) is 15.2. The molecular formula is C20H16N2O7. The van der Waals surface area contributed by atoms with Crippen molar-refractivity contribution in [1.82, 2.24) is 0 Å². The molecule has 1 heterocycles. The first kappa shape index (κ1) is 19.6. The van der Waals surface area contributed by atoms with E-state index in [1.165, 1.54) is 6.92 Å². The van der Waals surface area contributed by atoms with Crippen molar-refractivity contribution < 1.29 is 28.4 Å². The maximum absolute atomic E-state index is 12.2. The number of nitrogens with zero attached hydrogens (tertiary/aromatic N) is 1. The van der Waals surface area contributed by atoms with Crippen molar-refractivity contribution in [1.29, 1.82) is 0 Å². The first-order valence-electron chi connectivity index (χ1n) is 8.51. The molecular weight excluding hydrogens is 380 g/mol. The van der Waals surface area contributed by atoms with E-state index in [2.05, 4.69) is 5.32 Å². The van der Waals surface area contributed by atoms with Crippen LogP contribution in [0, 0.1) is 10.1 Å². The van der Waals surface area contributed by atoms with Crippen LogP contribution in [-0.2, 0) is 9.53 Å². The van der Waals surface area contributed by atoms with Crippen molar-refractivity contribution in [2.45, 2.75) is 13.0 Å². The summed E-state index contributed by atoms with van der Waals surface area (Å²) in [5.41, 5.74) is 0.479. The summed E-state index contributed by atoms with van der Waals surface area (Å²) < 4.78 is 15.4. The Hall–Kier alpha value is -4.14. The summed E-state index contributed by atoms with van der Waals surface area (Å²) in [6.45, 7) is 1.37. The minimum Gasteiger partial charge on any atom is -0.457 e. The van der Waals surface area contributed by atoms with E-state index in [0.717, 1.165) is 12.1 Å². The van der Waals surface area contributed by atoms with Gasteiger partial charge in [-0.3, -0.25) is 14.9 Å². The molecule has 1 atom stereocenters. The van der Waals surface area contributed by atoms with Gasteiger partial charge in [-0.05, 0) is 49.4 Å². The highest BCUT2D eigenvalue weighted by atomic mass is 16.7. The van der Waals surface area contributed by atoms with Crippen LogP contribution in [0.3, 0.4) is 0 Å². The first-order valence-corrected chi connectivity index (χ1v) is 8.51.